The molecule has 3 N–H and O–H groups in total. The van der Waals surface area contributed by atoms with Crippen LogP contribution in [-0.2, 0) is 0 Å². The number of methoxy groups -OCH3 is 2. The SMILES string of the molecule is COc1cc(-c2ccc(NCCCN3C(=O)c4cccc5cccc(c45)C3=O)c(OC)c2)ccc1N. The minimum absolute atomic E-state index is 0.245. The van der Waals surface area contributed by atoms with Gasteiger partial charge in [-0.05, 0) is 59.3 Å². The fourth-order valence-electron chi connectivity index (χ4n) is 4.65. The summed E-state index contributed by atoms with van der Waals surface area (Å²) >= 11 is 0. The molecule has 7 heteroatoms. The summed E-state index contributed by atoms with van der Waals surface area (Å²) in [5, 5.41) is 5.01. The molecule has 182 valence electrons. The zero-order valence-electron chi connectivity index (χ0n) is 20.2. The molecule has 5 rings (SSSR count). The van der Waals surface area contributed by atoms with Crippen LogP contribution >= 0.6 is 0 Å². The second kappa shape index (κ2) is 9.62. The van der Waals surface area contributed by atoms with E-state index in [9.17, 15) is 9.59 Å². The molecular formula is C29H27N3O4. The lowest BCUT2D eigenvalue weighted by molar-refractivity contribution is 0.0610. The standard InChI is InChI=1S/C29H27N3O4/c1-35-25-16-19(10-12-23(25)30)20-11-13-24(26(17-20)36-2)31-14-5-15-32-28(33)21-8-3-6-18-7-4-9-22(27(18)21)29(32)34/h3-4,6-13,16-17,31H,5,14-15,30H2,1-2H3. The van der Waals surface area contributed by atoms with Crippen molar-refractivity contribution < 1.29 is 19.1 Å². The number of nitrogens with zero attached hydrogens (tertiary/aromatic N) is 1. The first-order valence-corrected chi connectivity index (χ1v) is 11.8. The summed E-state index contributed by atoms with van der Waals surface area (Å²) in [6.07, 6.45) is 0.593. The Labute approximate surface area is 209 Å². The molecule has 0 unspecified atom stereocenters. The smallest absolute Gasteiger partial charge is 0.261 e. The molecule has 0 aliphatic carbocycles. The molecule has 0 atom stereocenters. The van der Waals surface area contributed by atoms with Gasteiger partial charge in [0.2, 0.25) is 0 Å². The minimum atomic E-state index is -0.245. The predicted molar refractivity (Wildman–Crippen MR) is 142 cm³/mol. The molecular weight excluding hydrogens is 454 g/mol. The third-order valence-corrected chi connectivity index (χ3v) is 6.50. The van der Waals surface area contributed by atoms with Gasteiger partial charge in [-0.1, -0.05) is 36.4 Å². The Hall–Kier alpha value is -4.52. The summed E-state index contributed by atoms with van der Waals surface area (Å²) in [4.78, 5) is 27.5. The van der Waals surface area contributed by atoms with E-state index in [1.165, 1.54) is 4.90 Å². The number of carbonyl (C=O) groups is 2. The van der Waals surface area contributed by atoms with Gasteiger partial charge < -0.3 is 20.5 Å². The molecule has 0 aromatic heterocycles. The van der Waals surface area contributed by atoms with Gasteiger partial charge in [0, 0.05) is 29.6 Å². The molecule has 0 saturated heterocycles. The zero-order chi connectivity index (χ0) is 25.2. The first-order chi connectivity index (χ1) is 17.5. The molecule has 1 aliphatic rings. The first-order valence-electron chi connectivity index (χ1n) is 11.8. The van der Waals surface area contributed by atoms with Crippen molar-refractivity contribution in [2.45, 2.75) is 6.42 Å². The van der Waals surface area contributed by atoms with Crippen molar-refractivity contribution >= 4 is 34.0 Å². The highest BCUT2D eigenvalue weighted by Gasteiger charge is 2.32. The number of ether oxygens (including phenoxy) is 2. The fraction of sp³-hybridized carbons (Fsp3) is 0.172. The van der Waals surface area contributed by atoms with Crippen LogP contribution in [0, 0.1) is 0 Å². The Kier molecular flexibility index (Phi) is 6.21. The number of carbonyl (C=O) groups excluding carboxylic acids is 2. The van der Waals surface area contributed by atoms with Crippen LogP contribution in [0.4, 0.5) is 11.4 Å². The summed E-state index contributed by atoms with van der Waals surface area (Å²) in [7, 11) is 3.21. The maximum Gasteiger partial charge on any atom is 0.261 e. The summed E-state index contributed by atoms with van der Waals surface area (Å²) in [5.74, 6) is 0.818. The second-order valence-electron chi connectivity index (χ2n) is 8.62. The Morgan fingerprint density at radius 3 is 2.06 bits per heavy atom. The number of nitrogen functional groups attached to an aromatic ring is 1. The van der Waals surface area contributed by atoms with Gasteiger partial charge in [0.15, 0.2) is 0 Å². The Morgan fingerprint density at radius 1 is 0.806 bits per heavy atom. The predicted octanol–water partition coefficient (Wildman–Crippen LogP) is 5.20. The molecule has 0 fully saturated rings. The van der Waals surface area contributed by atoms with Gasteiger partial charge in [0.05, 0.1) is 25.6 Å². The third kappa shape index (κ3) is 4.09. The molecule has 1 aliphatic heterocycles. The molecule has 0 radical (unpaired) electrons. The maximum atomic E-state index is 13.1. The highest BCUT2D eigenvalue weighted by atomic mass is 16.5. The molecule has 2 amide bonds. The molecule has 1 heterocycles. The first kappa shape index (κ1) is 23.2. The Bertz CT molecular complexity index is 1430. The molecule has 0 bridgehead atoms. The monoisotopic (exact) mass is 481 g/mol. The van der Waals surface area contributed by atoms with Gasteiger partial charge >= 0.3 is 0 Å². The van der Waals surface area contributed by atoms with Crippen LogP contribution in [0.5, 0.6) is 11.5 Å². The topological polar surface area (TPSA) is 93.9 Å². The number of amides is 2. The number of anilines is 2. The van der Waals surface area contributed by atoms with E-state index < -0.39 is 0 Å². The van der Waals surface area contributed by atoms with Crippen molar-refractivity contribution in [1.82, 2.24) is 4.90 Å². The number of hydrogen-bond donors (Lipinski definition) is 2. The van der Waals surface area contributed by atoms with Gasteiger partial charge in [-0.15, -0.1) is 0 Å². The lowest BCUT2D eigenvalue weighted by Crippen LogP contribution is -2.41. The maximum absolute atomic E-state index is 13.1. The van der Waals surface area contributed by atoms with Crippen molar-refractivity contribution in [2.75, 3.05) is 38.4 Å². The van der Waals surface area contributed by atoms with Crippen molar-refractivity contribution in [3.05, 3.63) is 83.9 Å². The van der Waals surface area contributed by atoms with Gasteiger partial charge in [-0.2, -0.15) is 0 Å². The van der Waals surface area contributed by atoms with Crippen LogP contribution in [-0.4, -0.2) is 44.0 Å². The van der Waals surface area contributed by atoms with E-state index >= 15 is 0 Å². The largest absolute Gasteiger partial charge is 0.495 e. The molecule has 0 spiro atoms. The van der Waals surface area contributed by atoms with Crippen molar-refractivity contribution in [3.63, 3.8) is 0 Å². The number of hydrogen-bond acceptors (Lipinski definition) is 6. The van der Waals surface area contributed by atoms with Crippen LogP contribution in [0.15, 0.2) is 72.8 Å². The zero-order valence-corrected chi connectivity index (χ0v) is 20.2. The van der Waals surface area contributed by atoms with E-state index in [0.29, 0.717) is 47.8 Å². The lowest BCUT2D eigenvalue weighted by Gasteiger charge is -2.27. The Balaban J connectivity index is 1.26. The average Bonchev–Trinajstić information content (AvgIpc) is 2.91. The normalized spacial score (nSPS) is 12.7. The van der Waals surface area contributed by atoms with E-state index in [1.54, 1.807) is 26.4 Å². The van der Waals surface area contributed by atoms with E-state index in [2.05, 4.69) is 5.32 Å². The third-order valence-electron chi connectivity index (χ3n) is 6.50. The highest BCUT2D eigenvalue weighted by molar-refractivity contribution is 6.25. The minimum Gasteiger partial charge on any atom is -0.495 e. The highest BCUT2D eigenvalue weighted by Crippen LogP contribution is 2.34. The van der Waals surface area contributed by atoms with E-state index in [-0.39, 0.29) is 11.8 Å². The quantitative estimate of drug-likeness (QED) is 0.204. The second-order valence-corrected chi connectivity index (χ2v) is 8.62. The summed E-state index contributed by atoms with van der Waals surface area (Å²) < 4.78 is 10.9. The van der Waals surface area contributed by atoms with E-state index in [1.807, 2.05) is 60.7 Å². The van der Waals surface area contributed by atoms with Gasteiger partial charge in [-0.25, -0.2) is 0 Å². The lowest BCUT2D eigenvalue weighted by atomic mass is 9.94. The van der Waals surface area contributed by atoms with Crippen molar-refractivity contribution in [3.8, 4) is 22.6 Å². The van der Waals surface area contributed by atoms with Crippen LogP contribution in [0.2, 0.25) is 0 Å². The van der Waals surface area contributed by atoms with E-state index in [0.717, 1.165) is 27.6 Å². The molecule has 4 aromatic carbocycles. The van der Waals surface area contributed by atoms with Gasteiger partial charge in [0.1, 0.15) is 11.5 Å². The van der Waals surface area contributed by atoms with Crippen LogP contribution in [0.25, 0.3) is 21.9 Å². The molecule has 4 aromatic rings. The Morgan fingerprint density at radius 2 is 1.42 bits per heavy atom. The van der Waals surface area contributed by atoms with Crippen molar-refractivity contribution in [1.29, 1.82) is 0 Å². The molecule has 36 heavy (non-hydrogen) atoms. The van der Waals surface area contributed by atoms with Crippen LogP contribution < -0.4 is 20.5 Å². The van der Waals surface area contributed by atoms with Gasteiger partial charge in [-0.3, -0.25) is 14.5 Å². The van der Waals surface area contributed by atoms with Crippen LogP contribution in [0.3, 0.4) is 0 Å². The molecule has 7 nitrogen and oxygen atoms in total. The van der Waals surface area contributed by atoms with Gasteiger partial charge in [0.25, 0.3) is 11.8 Å². The number of benzene rings is 4. The number of rotatable bonds is 8. The van der Waals surface area contributed by atoms with E-state index in [4.69, 9.17) is 15.2 Å². The number of imide groups is 1. The van der Waals surface area contributed by atoms with Crippen LogP contribution in [0.1, 0.15) is 27.1 Å². The molecule has 0 saturated carbocycles. The summed E-state index contributed by atoms with van der Waals surface area (Å²) in [6, 6.07) is 22.7. The summed E-state index contributed by atoms with van der Waals surface area (Å²) in [6.45, 7) is 0.884. The number of nitrogens with one attached hydrogen (secondary N) is 1. The fourth-order valence-corrected chi connectivity index (χ4v) is 4.65. The summed E-state index contributed by atoms with van der Waals surface area (Å²) in [5.41, 5.74) is 10.4. The number of nitrogens with two attached hydrogens (primary N) is 1. The van der Waals surface area contributed by atoms with Crippen molar-refractivity contribution in [2.24, 2.45) is 0 Å². The average molecular weight is 482 g/mol.